The molecule has 4 fully saturated rings. The highest BCUT2D eigenvalue weighted by atomic mass is 16.7. The molecule has 0 bridgehead atoms. The summed E-state index contributed by atoms with van der Waals surface area (Å²) in [5.74, 6) is 0. The van der Waals surface area contributed by atoms with Crippen molar-refractivity contribution in [3.8, 4) is 0 Å². The van der Waals surface area contributed by atoms with Gasteiger partial charge in [0.25, 0.3) is 0 Å². The fraction of sp³-hybridized carbons (Fsp3) is 1.00. The van der Waals surface area contributed by atoms with Crippen LogP contribution in [-0.2, 0) is 23.7 Å². The van der Waals surface area contributed by atoms with Crippen LogP contribution in [0.15, 0.2) is 0 Å². The molecule has 4 aliphatic rings. The van der Waals surface area contributed by atoms with Crippen LogP contribution < -0.4 is 0 Å². The summed E-state index contributed by atoms with van der Waals surface area (Å²) in [5.41, 5.74) is -6.08. The van der Waals surface area contributed by atoms with Crippen LogP contribution in [0.4, 0.5) is 0 Å². The van der Waals surface area contributed by atoms with Gasteiger partial charge in [-0.1, -0.05) is 0 Å². The van der Waals surface area contributed by atoms with Crippen molar-refractivity contribution in [2.24, 2.45) is 0 Å². The minimum atomic E-state index is -3.04. The maximum absolute atomic E-state index is 11.9. The number of hydrogen-bond acceptors (Lipinski definition) is 19. The van der Waals surface area contributed by atoms with Crippen molar-refractivity contribution in [2.75, 3.05) is 13.2 Å². The zero-order valence-electron chi connectivity index (χ0n) is 23.1. The van der Waals surface area contributed by atoms with Gasteiger partial charge in [0.15, 0.2) is 23.8 Å². The molecule has 4 rings (SSSR count). The second-order valence-electron chi connectivity index (χ2n) is 11.6. The predicted molar refractivity (Wildman–Crippen MR) is 131 cm³/mol. The lowest BCUT2D eigenvalue weighted by molar-refractivity contribution is -0.415. The van der Waals surface area contributed by atoms with Gasteiger partial charge in [0.05, 0.1) is 25.4 Å². The first-order valence-corrected chi connectivity index (χ1v) is 13.7. The molecule has 14 N–H and O–H groups in total. The molecular formula is C24H42O19. The highest BCUT2D eigenvalue weighted by Gasteiger charge is 2.68. The van der Waals surface area contributed by atoms with Crippen LogP contribution >= 0.6 is 0 Å². The van der Waals surface area contributed by atoms with Gasteiger partial charge in [-0.2, -0.15) is 0 Å². The largest absolute Gasteiger partial charge is 0.394 e. The average molecular weight is 635 g/mol. The van der Waals surface area contributed by atoms with Crippen LogP contribution in [-0.4, -0.2) is 206 Å². The number of rotatable bonds is 6. The first kappa shape index (κ1) is 35.1. The minimum Gasteiger partial charge on any atom is -0.394 e. The summed E-state index contributed by atoms with van der Waals surface area (Å²) in [6, 6.07) is 0. The predicted octanol–water partition coefficient (Wildman–Crippen LogP) is -8.92. The van der Waals surface area contributed by atoms with E-state index in [1.807, 2.05) is 0 Å². The van der Waals surface area contributed by atoms with Crippen molar-refractivity contribution in [1.82, 2.24) is 0 Å². The highest BCUT2D eigenvalue weighted by molar-refractivity contribution is 5.15. The van der Waals surface area contributed by atoms with E-state index in [1.165, 1.54) is 13.8 Å². The quantitative estimate of drug-likeness (QED) is 0.129. The SMILES string of the molecule is C[C@@H]1OC([C@@]2(O)[C@@H](O)[C@H](O[C@@H]3[C@@H](CO)OC(O)[C@H](O)[C@]3(O)C3O[C@@H](C)[C@@H](O)[C@@H](O)[C@@H]3O)O[C@H](CO)[C@@H]2O)[C@@H](O)[C@H](O)[C@@H]1O. The zero-order chi connectivity index (χ0) is 32.3. The van der Waals surface area contributed by atoms with Crippen LogP contribution in [0.5, 0.6) is 0 Å². The molecule has 0 aliphatic carbocycles. The van der Waals surface area contributed by atoms with Crippen molar-refractivity contribution < 1.29 is 95.2 Å². The first-order valence-electron chi connectivity index (χ1n) is 13.7. The van der Waals surface area contributed by atoms with Crippen LogP contribution in [0.25, 0.3) is 0 Å². The van der Waals surface area contributed by atoms with E-state index in [2.05, 4.69) is 0 Å². The van der Waals surface area contributed by atoms with Crippen molar-refractivity contribution in [1.29, 1.82) is 0 Å². The van der Waals surface area contributed by atoms with Crippen LogP contribution in [0, 0.1) is 0 Å². The first-order chi connectivity index (χ1) is 20.0. The molecular weight excluding hydrogens is 592 g/mol. The molecule has 0 amide bonds. The molecule has 0 radical (unpaired) electrons. The van der Waals surface area contributed by atoms with Crippen molar-refractivity contribution in [2.45, 2.75) is 135 Å². The molecule has 0 saturated carbocycles. The molecule has 0 aromatic heterocycles. The number of aliphatic hydroxyl groups is 14. The molecule has 3 unspecified atom stereocenters. The lowest BCUT2D eigenvalue weighted by Crippen LogP contribution is -2.80. The number of hydrogen-bond donors (Lipinski definition) is 14. The highest BCUT2D eigenvalue weighted by Crippen LogP contribution is 2.44. The molecule has 252 valence electrons. The summed E-state index contributed by atoms with van der Waals surface area (Å²) < 4.78 is 27.2. The van der Waals surface area contributed by atoms with Crippen molar-refractivity contribution in [3.05, 3.63) is 0 Å². The second kappa shape index (κ2) is 12.8. The van der Waals surface area contributed by atoms with E-state index < -0.39 is 135 Å². The van der Waals surface area contributed by atoms with E-state index >= 15 is 0 Å². The molecule has 19 nitrogen and oxygen atoms in total. The van der Waals surface area contributed by atoms with E-state index in [4.69, 9.17) is 23.7 Å². The van der Waals surface area contributed by atoms with Gasteiger partial charge in [-0.3, -0.25) is 0 Å². The lowest BCUT2D eigenvalue weighted by atomic mass is 9.73. The number of aliphatic hydroxyl groups excluding tert-OH is 12. The Labute approximate surface area is 244 Å². The van der Waals surface area contributed by atoms with Gasteiger partial charge < -0.3 is 95.2 Å². The molecule has 19 heteroatoms. The van der Waals surface area contributed by atoms with E-state index in [0.717, 1.165) is 0 Å². The maximum Gasteiger partial charge on any atom is 0.187 e. The zero-order valence-corrected chi connectivity index (χ0v) is 23.1. The van der Waals surface area contributed by atoms with Gasteiger partial charge in [-0.05, 0) is 13.8 Å². The van der Waals surface area contributed by atoms with Gasteiger partial charge in [0.2, 0.25) is 0 Å². The molecule has 43 heavy (non-hydrogen) atoms. The van der Waals surface area contributed by atoms with E-state index in [9.17, 15) is 71.5 Å². The Bertz CT molecular complexity index is 946. The Hall–Kier alpha value is -0.760. The van der Waals surface area contributed by atoms with Gasteiger partial charge in [-0.25, -0.2) is 0 Å². The van der Waals surface area contributed by atoms with Crippen LogP contribution in [0.1, 0.15) is 13.8 Å². The normalized spacial score (nSPS) is 58.3. The smallest absolute Gasteiger partial charge is 0.187 e. The topological polar surface area (TPSA) is 329 Å². The Morgan fingerprint density at radius 1 is 0.535 bits per heavy atom. The fourth-order valence-electron chi connectivity index (χ4n) is 6.29. The third-order valence-electron chi connectivity index (χ3n) is 8.97. The summed E-state index contributed by atoms with van der Waals surface area (Å²) in [5, 5.41) is 149. The van der Waals surface area contributed by atoms with Gasteiger partial charge in [0.1, 0.15) is 85.5 Å². The standard InChI is InChI=1S/C24H42O19/c1-5-9(27)11(29)13(31)19(39-5)23(37)15(33)7(3-25)42-22(17(23)35)43-18-8(4-26)41-21(36)16(34)24(18,38)20-14(32)12(30)10(28)6(2)40-20/h5-22,25-38H,3-4H2,1-2H3/t5-,6-,7+,8+,9+,10+,11+,12+,13-,14-,15-,16-,17-,18+,19?,20?,21?,22-,23-,24+/m0/s1. The Morgan fingerprint density at radius 3 is 1.47 bits per heavy atom. The van der Waals surface area contributed by atoms with Crippen molar-refractivity contribution >= 4 is 0 Å². The Balaban J connectivity index is 1.75. The summed E-state index contributed by atoms with van der Waals surface area (Å²) >= 11 is 0. The molecule has 4 aliphatic heterocycles. The van der Waals surface area contributed by atoms with E-state index in [0.29, 0.717) is 0 Å². The molecule has 20 atom stereocenters. The minimum absolute atomic E-state index is 1.05. The molecule has 0 spiro atoms. The molecule has 4 heterocycles. The lowest BCUT2D eigenvalue weighted by Gasteiger charge is -2.57. The summed E-state index contributed by atoms with van der Waals surface area (Å²) in [6.07, 6.45) is -35.6. The van der Waals surface area contributed by atoms with Crippen molar-refractivity contribution in [3.63, 3.8) is 0 Å². The summed E-state index contributed by atoms with van der Waals surface area (Å²) in [4.78, 5) is 0. The second-order valence-corrected chi connectivity index (χ2v) is 11.6. The Morgan fingerprint density at radius 2 is 1.00 bits per heavy atom. The van der Waals surface area contributed by atoms with Gasteiger partial charge >= 0.3 is 0 Å². The number of ether oxygens (including phenoxy) is 5. The third-order valence-corrected chi connectivity index (χ3v) is 8.97. The maximum atomic E-state index is 11.9. The van der Waals surface area contributed by atoms with E-state index in [-0.39, 0.29) is 0 Å². The molecule has 4 saturated heterocycles. The monoisotopic (exact) mass is 634 g/mol. The van der Waals surface area contributed by atoms with Gasteiger partial charge in [-0.15, -0.1) is 0 Å². The summed E-state index contributed by atoms with van der Waals surface area (Å²) in [7, 11) is 0. The van der Waals surface area contributed by atoms with E-state index in [1.54, 1.807) is 0 Å². The molecule has 0 aromatic carbocycles. The Kier molecular flexibility index (Phi) is 10.4. The average Bonchev–Trinajstić information content (AvgIpc) is 2.98. The van der Waals surface area contributed by atoms with Crippen LogP contribution in [0.3, 0.4) is 0 Å². The summed E-state index contributed by atoms with van der Waals surface area (Å²) in [6.45, 7) is 0.389. The van der Waals surface area contributed by atoms with Crippen LogP contribution in [0.2, 0.25) is 0 Å². The van der Waals surface area contributed by atoms with Gasteiger partial charge in [0, 0.05) is 0 Å². The molecule has 0 aromatic rings. The third kappa shape index (κ3) is 5.52. The fourth-order valence-corrected chi connectivity index (χ4v) is 6.29.